The number of rotatable bonds is 3. The van der Waals surface area contributed by atoms with Crippen molar-refractivity contribution in [2.75, 3.05) is 44.1 Å². The molecule has 4 rings (SSSR count). The number of benzene rings is 2. The zero-order chi connectivity index (χ0) is 22.3. The van der Waals surface area contributed by atoms with Crippen LogP contribution < -0.4 is 29.6 Å². The molecule has 2 aliphatic heterocycles. The minimum Gasteiger partial charge on any atom is -0.490 e. The molecule has 0 saturated heterocycles. The third-order valence-corrected chi connectivity index (χ3v) is 4.70. The summed E-state index contributed by atoms with van der Waals surface area (Å²) in [6.45, 7) is 5.72. The lowest BCUT2D eigenvalue weighted by atomic mass is 10.2. The van der Waals surface area contributed by atoms with E-state index in [0.29, 0.717) is 60.8 Å². The van der Waals surface area contributed by atoms with E-state index < -0.39 is 5.83 Å². The number of halogens is 1. The molecule has 0 spiro atoms. The van der Waals surface area contributed by atoms with E-state index >= 15 is 0 Å². The zero-order valence-electron chi connectivity index (χ0n) is 17.8. The fourth-order valence-corrected chi connectivity index (χ4v) is 3.14. The molecule has 0 aromatic heterocycles. The second kappa shape index (κ2) is 10.0. The van der Waals surface area contributed by atoms with Crippen LogP contribution in [0.2, 0.25) is 0 Å². The topological polar surface area (TPSA) is 85.7 Å². The summed E-state index contributed by atoms with van der Waals surface area (Å²) in [6.07, 6.45) is 1.62. The summed E-state index contributed by atoms with van der Waals surface area (Å²) in [4.78, 5) is 8.39. The van der Waals surface area contributed by atoms with E-state index in [1.165, 1.54) is 0 Å². The smallest absolute Gasteiger partial charge is 0.224 e. The Morgan fingerprint density at radius 3 is 1.81 bits per heavy atom. The van der Waals surface area contributed by atoms with Gasteiger partial charge in [-0.15, -0.1) is 0 Å². The zero-order valence-corrected chi connectivity index (χ0v) is 17.8. The summed E-state index contributed by atoms with van der Waals surface area (Å²) in [5.74, 6) is 1.92. The maximum Gasteiger partial charge on any atom is 0.224 e. The van der Waals surface area contributed by atoms with Gasteiger partial charge < -0.3 is 29.6 Å². The summed E-state index contributed by atoms with van der Waals surface area (Å²) < 4.78 is 36.9. The Kier molecular flexibility index (Phi) is 6.74. The maximum atomic E-state index is 14.2. The summed E-state index contributed by atoms with van der Waals surface area (Å²) >= 11 is 0. The van der Waals surface area contributed by atoms with Crippen LogP contribution in [0.3, 0.4) is 0 Å². The van der Waals surface area contributed by atoms with Crippen LogP contribution in [0, 0.1) is 0 Å². The Labute approximate surface area is 185 Å². The molecule has 8 nitrogen and oxygen atoms in total. The van der Waals surface area contributed by atoms with Crippen molar-refractivity contribution in [1.29, 1.82) is 0 Å². The number of nitrogens with one attached hydrogen (secondary N) is 2. The number of aliphatic imine (C=N–C) groups is 2. The summed E-state index contributed by atoms with van der Waals surface area (Å²) in [7, 11) is 1.56. The van der Waals surface area contributed by atoms with E-state index in [9.17, 15) is 4.39 Å². The van der Waals surface area contributed by atoms with Crippen molar-refractivity contribution in [2.45, 2.75) is 12.8 Å². The van der Waals surface area contributed by atoms with E-state index in [1.54, 1.807) is 31.3 Å². The highest BCUT2D eigenvalue weighted by Crippen LogP contribution is 2.33. The van der Waals surface area contributed by atoms with Gasteiger partial charge in [-0.1, -0.05) is 6.58 Å². The second-order valence-electron chi connectivity index (χ2n) is 7.09. The van der Waals surface area contributed by atoms with Crippen molar-refractivity contribution in [3.8, 4) is 23.0 Å². The number of guanidine groups is 1. The maximum absolute atomic E-state index is 14.2. The van der Waals surface area contributed by atoms with Gasteiger partial charge in [0.15, 0.2) is 34.7 Å². The largest absolute Gasteiger partial charge is 0.490 e. The Morgan fingerprint density at radius 1 is 0.812 bits per heavy atom. The van der Waals surface area contributed by atoms with Crippen LogP contribution in [0.1, 0.15) is 12.8 Å². The lowest BCUT2D eigenvalue weighted by Gasteiger charge is -2.13. The Hall–Kier alpha value is -3.75. The van der Waals surface area contributed by atoms with Gasteiger partial charge in [-0.25, -0.2) is 4.39 Å². The first-order valence-corrected chi connectivity index (χ1v) is 10.4. The average molecular weight is 440 g/mol. The van der Waals surface area contributed by atoms with Crippen molar-refractivity contribution in [3.63, 3.8) is 0 Å². The van der Waals surface area contributed by atoms with Crippen LogP contribution in [-0.2, 0) is 0 Å². The molecule has 2 heterocycles. The predicted octanol–water partition coefficient (Wildman–Crippen LogP) is 4.40. The summed E-state index contributed by atoms with van der Waals surface area (Å²) in [6, 6.07) is 10.7. The van der Waals surface area contributed by atoms with E-state index in [2.05, 4.69) is 27.2 Å². The van der Waals surface area contributed by atoms with Crippen LogP contribution in [-0.4, -0.2) is 45.3 Å². The minimum atomic E-state index is -0.737. The monoisotopic (exact) mass is 440 g/mol. The van der Waals surface area contributed by atoms with Crippen LogP contribution in [0.4, 0.5) is 15.8 Å². The van der Waals surface area contributed by atoms with Crippen molar-refractivity contribution >= 4 is 23.2 Å². The lowest BCUT2D eigenvalue weighted by Crippen LogP contribution is -2.18. The molecular weight excluding hydrogens is 415 g/mol. The van der Waals surface area contributed by atoms with E-state index in [-0.39, 0.29) is 11.8 Å². The van der Waals surface area contributed by atoms with Gasteiger partial charge in [0.05, 0.1) is 26.4 Å². The van der Waals surface area contributed by atoms with Crippen molar-refractivity contribution in [3.05, 3.63) is 48.8 Å². The SMILES string of the molecule is C=C(F)C(=NC(=NC)Nc1ccc2c(c1)OCCCO2)Nc1ccc2c(c1)OCCCO2. The number of hydrogen-bond donors (Lipinski definition) is 2. The number of hydrogen-bond acceptors (Lipinski definition) is 5. The van der Waals surface area contributed by atoms with Gasteiger partial charge in [-0.05, 0) is 24.3 Å². The Bertz CT molecular complexity index is 1050. The third-order valence-electron chi connectivity index (χ3n) is 4.70. The molecular formula is C23H25FN4O4. The standard InChI is InChI=1S/C23H25FN4O4/c1-15(24)22(26-16-5-7-18-20(13-16)31-11-3-9-29-18)28-23(25-2)27-17-6-8-19-21(14-17)32-12-4-10-30-19/h5-8,13-14H,1,3-4,9-12H2,2H3,(H2,25,26,27,28). The summed E-state index contributed by atoms with van der Waals surface area (Å²) in [5, 5.41) is 6.00. The lowest BCUT2D eigenvalue weighted by molar-refractivity contribution is 0.296. The van der Waals surface area contributed by atoms with Crippen LogP contribution in [0.25, 0.3) is 0 Å². The summed E-state index contributed by atoms with van der Waals surface area (Å²) in [5.41, 5.74) is 1.26. The highest BCUT2D eigenvalue weighted by Gasteiger charge is 2.14. The van der Waals surface area contributed by atoms with Crippen molar-refractivity contribution in [2.24, 2.45) is 9.98 Å². The molecule has 2 aromatic rings. The molecule has 0 amide bonds. The molecule has 0 aliphatic carbocycles. The van der Waals surface area contributed by atoms with Crippen molar-refractivity contribution < 1.29 is 23.3 Å². The molecule has 0 radical (unpaired) electrons. The molecule has 32 heavy (non-hydrogen) atoms. The van der Waals surface area contributed by atoms with Gasteiger partial charge in [0, 0.05) is 43.4 Å². The molecule has 0 unspecified atom stereocenters. The fourth-order valence-electron chi connectivity index (χ4n) is 3.14. The quantitative estimate of drug-likeness (QED) is 0.544. The van der Waals surface area contributed by atoms with Gasteiger partial charge in [0.25, 0.3) is 0 Å². The molecule has 168 valence electrons. The molecule has 2 aromatic carbocycles. The van der Waals surface area contributed by atoms with Crippen LogP contribution >= 0.6 is 0 Å². The highest BCUT2D eigenvalue weighted by atomic mass is 19.1. The Balaban J connectivity index is 1.52. The van der Waals surface area contributed by atoms with Gasteiger partial charge in [-0.2, -0.15) is 4.99 Å². The first-order chi connectivity index (χ1) is 15.6. The molecule has 2 aliphatic rings. The number of ether oxygens (including phenoxy) is 4. The van der Waals surface area contributed by atoms with E-state index in [1.807, 2.05) is 12.1 Å². The molecule has 2 N–H and O–H groups in total. The van der Waals surface area contributed by atoms with Crippen LogP contribution in [0.5, 0.6) is 23.0 Å². The van der Waals surface area contributed by atoms with Crippen LogP contribution in [0.15, 0.2) is 58.8 Å². The van der Waals surface area contributed by atoms with Gasteiger partial charge in [0.2, 0.25) is 5.96 Å². The Morgan fingerprint density at radius 2 is 1.31 bits per heavy atom. The molecule has 0 saturated carbocycles. The number of nitrogens with zero attached hydrogens (tertiary/aromatic N) is 2. The predicted molar refractivity (Wildman–Crippen MR) is 122 cm³/mol. The first-order valence-electron chi connectivity index (χ1n) is 10.4. The van der Waals surface area contributed by atoms with Crippen molar-refractivity contribution in [1.82, 2.24) is 0 Å². The van der Waals surface area contributed by atoms with E-state index in [4.69, 9.17) is 18.9 Å². The molecule has 9 heteroatoms. The minimum absolute atomic E-state index is 0.0815. The highest BCUT2D eigenvalue weighted by molar-refractivity contribution is 6.13. The molecule has 0 fully saturated rings. The first kappa shape index (κ1) is 21.5. The van der Waals surface area contributed by atoms with Gasteiger partial charge >= 0.3 is 0 Å². The molecule has 0 bridgehead atoms. The second-order valence-corrected chi connectivity index (χ2v) is 7.09. The number of amidine groups is 1. The number of anilines is 2. The van der Waals surface area contributed by atoms with E-state index in [0.717, 1.165) is 12.8 Å². The molecule has 0 atom stereocenters. The average Bonchev–Trinajstić information content (AvgIpc) is 3.17. The normalized spacial score (nSPS) is 15.9. The third kappa shape index (κ3) is 5.29. The van der Waals surface area contributed by atoms with Gasteiger partial charge in [-0.3, -0.25) is 4.99 Å². The van der Waals surface area contributed by atoms with Gasteiger partial charge in [0.1, 0.15) is 0 Å². The fraction of sp³-hybridized carbons (Fsp3) is 0.304. The number of fused-ring (bicyclic) bond motifs is 2.